The maximum absolute atomic E-state index is 13.1. The molecule has 0 radical (unpaired) electrons. The first-order valence-electron chi connectivity index (χ1n) is 13.3. The molecule has 2 N–H and O–H groups in total. The molecule has 0 saturated heterocycles. The van der Waals surface area contributed by atoms with Gasteiger partial charge in [0.2, 0.25) is 5.91 Å². The van der Waals surface area contributed by atoms with Gasteiger partial charge in [-0.1, -0.05) is 22.8 Å². The minimum absolute atomic E-state index is 0.132. The molecule has 2 aliphatic rings. The number of nitrogens with zero attached hydrogens (tertiary/aromatic N) is 1. The van der Waals surface area contributed by atoms with E-state index in [9.17, 15) is 19.5 Å². The van der Waals surface area contributed by atoms with Crippen LogP contribution in [0.3, 0.4) is 0 Å². The van der Waals surface area contributed by atoms with Gasteiger partial charge in [0, 0.05) is 30.2 Å². The topological polar surface area (TPSA) is 119 Å². The number of ether oxygens (including phenoxy) is 1. The maximum Gasteiger partial charge on any atom is 0.309 e. The van der Waals surface area contributed by atoms with E-state index in [-0.39, 0.29) is 36.6 Å². The fourth-order valence-corrected chi connectivity index (χ4v) is 5.78. The van der Waals surface area contributed by atoms with Gasteiger partial charge in [-0.3, -0.25) is 14.4 Å². The number of aromatic nitrogens is 1. The molecule has 2 saturated carbocycles. The number of halogens is 1. The molecule has 0 bridgehead atoms. The summed E-state index contributed by atoms with van der Waals surface area (Å²) in [5, 5.41) is 17.3. The lowest BCUT2D eigenvalue weighted by molar-refractivity contribution is -0.148. The molecule has 2 fully saturated rings. The van der Waals surface area contributed by atoms with Gasteiger partial charge in [0.1, 0.15) is 5.76 Å². The Labute approximate surface area is 228 Å². The number of carboxylic acid groups (broad SMARTS) is 1. The Bertz CT molecular complexity index is 1200. The largest absolute Gasteiger partial charge is 0.481 e. The first kappa shape index (κ1) is 28.1. The van der Waals surface area contributed by atoms with Gasteiger partial charge in [-0.2, -0.15) is 0 Å². The Balaban J connectivity index is 1.51. The maximum atomic E-state index is 13.1. The number of carbonyl (C=O) groups is 3. The highest BCUT2D eigenvalue weighted by molar-refractivity contribution is 6.33. The molecule has 1 amide bonds. The lowest BCUT2D eigenvalue weighted by Gasteiger charge is -2.37. The molecule has 1 aromatic carbocycles. The lowest BCUT2D eigenvalue weighted by Crippen LogP contribution is -2.32. The standard InChI is InChI=1S/C29H37ClN2O6/c1-16-5-9-22(21(30)11-16)31-23(33)14-19(8-10-24(34)37-4)26-25(18-6-7-18)27(38-32-26)20-12-17(13-20)15-29(2,3)28(35)36/h5,9,11,17-20H,6-8,10,12-15H2,1-4H3,(H,31,33)(H,35,36)/t17-,19-,20+/m0/s1. The number of carboxylic acids is 1. The Hall–Kier alpha value is -2.87. The van der Waals surface area contributed by atoms with Gasteiger partial charge in [0.15, 0.2) is 0 Å². The first-order valence-corrected chi connectivity index (χ1v) is 13.7. The molecular formula is C29H37ClN2O6. The first-order chi connectivity index (χ1) is 18.0. The van der Waals surface area contributed by atoms with Crippen molar-refractivity contribution in [2.75, 3.05) is 12.4 Å². The van der Waals surface area contributed by atoms with Gasteiger partial charge in [-0.25, -0.2) is 0 Å². The predicted octanol–water partition coefficient (Wildman–Crippen LogP) is 6.57. The summed E-state index contributed by atoms with van der Waals surface area (Å²) in [7, 11) is 1.35. The van der Waals surface area contributed by atoms with E-state index in [2.05, 4.69) is 10.5 Å². The molecular weight excluding hydrogens is 508 g/mol. The average molecular weight is 545 g/mol. The van der Waals surface area contributed by atoms with Crippen molar-refractivity contribution in [3.05, 3.63) is 45.8 Å². The number of benzene rings is 1. The number of nitrogens with one attached hydrogen (secondary N) is 1. The van der Waals surface area contributed by atoms with Crippen LogP contribution in [0.15, 0.2) is 22.7 Å². The minimum atomic E-state index is -0.778. The van der Waals surface area contributed by atoms with Crippen molar-refractivity contribution in [1.82, 2.24) is 5.16 Å². The molecule has 1 atom stereocenters. The van der Waals surface area contributed by atoms with E-state index < -0.39 is 11.4 Å². The number of hydrogen-bond acceptors (Lipinski definition) is 6. The van der Waals surface area contributed by atoms with Crippen LogP contribution in [0.25, 0.3) is 0 Å². The number of carbonyl (C=O) groups excluding carboxylic acids is 2. The summed E-state index contributed by atoms with van der Waals surface area (Å²) in [6.45, 7) is 5.47. The number of amides is 1. The van der Waals surface area contributed by atoms with E-state index in [1.807, 2.05) is 13.0 Å². The van der Waals surface area contributed by atoms with Crippen LogP contribution in [-0.4, -0.2) is 35.2 Å². The average Bonchev–Trinajstić information content (AvgIpc) is 3.58. The summed E-state index contributed by atoms with van der Waals surface area (Å²) in [6, 6.07) is 5.46. The van der Waals surface area contributed by atoms with Gasteiger partial charge in [0.25, 0.3) is 0 Å². The van der Waals surface area contributed by atoms with Gasteiger partial charge in [0.05, 0.1) is 28.9 Å². The van der Waals surface area contributed by atoms with Gasteiger partial charge >= 0.3 is 11.9 Å². The van der Waals surface area contributed by atoms with Crippen molar-refractivity contribution in [1.29, 1.82) is 0 Å². The van der Waals surface area contributed by atoms with Crippen molar-refractivity contribution < 1.29 is 28.8 Å². The fourth-order valence-electron chi connectivity index (χ4n) is 5.50. The quantitative estimate of drug-likeness (QED) is 0.290. The van der Waals surface area contributed by atoms with Crippen LogP contribution >= 0.6 is 11.6 Å². The van der Waals surface area contributed by atoms with E-state index in [1.165, 1.54) is 7.11 Å². The zero-order valence-corrected chi connectivity index (χ0v) is 23.3. The van der Waals surface area contributed by atoms with Crippen LogP contribution in [-0.2, 0) is 19.1 Å². The molecule has 38 heavy (non-hydrogen) atoms. The third-order valence-corrected chi connectivity index (χ3v) is 8.21. The van der Waals surface area contributed by atoms with Crippen molar-refractivity contribution in [3.8, 4) is 0 Å². The monoisotopic (exact) mass is 544 g/mol. The summed E-state index contributed by atoms with van der Waals surface area (Å²) in [5.41, 5.74) is 2.63. The summed E-state index contributed by atoms with van der Waals surface area (Å²) < 4.78 is 10.8. The summed E-state index contributed by atoms with van der Waals surface area (Å²) >= 11 is 6.32. The summed E-state index contributed by atoms with van der Waals surface area (Å²) in [5.74, 6) is 0.101. The Morgan fingerprint density at radius 1 is 1.24 bits per heavy atom. The zero-order valence-electron chi connectivity index (χ0n) is 22.5. The molecule has 1 aromatic heterocycles. The van der Waals surface area contributed by atoms with Crippen molar-refractivity contribution in [2.45, 2.75) is 89.9 Å². The van der Waals surface area contributed by atoms with Gasteiger partial charge in [-0.15, -0.1) is 0 Å². The number of aryl methyl sites for hydroxylation is 1. The number of rotatable bonds is 12. The predicted molar refractivity (Wildman–Crippen MR) is 143 cm³/mol. The van der Waals surface area contributed by atoms with Crippen LogP contribution in [0.5, 0.6) is 0 Å². The lowest BCUT2D eigenvalue weighted by atomic mass is 9.66. The van der Waals surface area contributed by atoms with Crippen molar-refractivity contribution >= 4 is 35.1 Å². The van der Waals surface area contributed by atoms with Crippen molar-refractivity contribution in [3.63, 3.8) is 0 Å². The highest BCUT2D eigenvalue weighted by Gasteiger charge is 2.43. The second kappa shape index (κ2) is 11.5. The SMILES string of the molecule is COC(=O)CC[C@@H](CC(=O)Nc1ccc(C)cc1Cl)c1noc([C@H]2C[C@@H](CC(C)(C)C(=O)O)C2)c1C1CC1. The van der Waals surface area contributed by atoms with E-state index in [0.29, 0.717) is 35.4 Å². The zero-order chi connectivity index (χ0) is 27.6. The molecule has 1 heterocycles. The van der Waals surface area contributed by atoms with Crippen LogP contribution in [0, 0.1) is 18.3 Å². The summed E-state index contributed by atoms with van der Waals surface area (Å²) in [6.07, 6.45) is 5.15. The number of esters is 1. The third kappa shape index (κ3) is 6.57. The normalized spacial score (nSPS) is 19.9. The molecule has 4 rings (SSSR count). The van der Waals surface area contributed by atoms with Crippen LogP contribution < -0.4 is 5.32 Å². The molecule has 8 nitrogen and oxygen atoms in total. The Morgan fingerprint density at radius 2 is 1.95 bits per heavy atom. The van der Waals surface area contributed by atoms with Crippen LogP contribution in [0.2, 0.25) is 5.02 Å². The molecule has 0 unspecified atom stereocenters. The number of aliphatic carboxylic acids is 1. The van der Waals surface area contributed by atoms with Crippen molar-refractivity contribution in [2.24, 2.45) is 11.3 Å². The molecule has 0 spiro atoms. The molecule has 2 aromatic rings. The second-order valence-electron chi connectivity index (χ2n) is 11.6. The number of anilines is 1. The van der Waals surface area contributed by atoms with E-state index >= 15 is 0 Å². The highest BCUT2D eigenvalue weighted by Crippen LogP contribution is 2.53. The molecule has 0 aliphatic heterocycles. The van der Waals surface area contributed by atoms with E-state index in [4.69, 9.17) is 20.9 Å². The fraction of sp³-hybridized carbons (Fsp3) is 0.586. The smallest absolute Gasteiger partial charge is 0.309 e. The van der Waals surface area contributed by atoms with Crippen LogP contribution in [0.4, 0.5) is 5.69 Å². The molecule has 9 heteroatoms. The van der Waals surface area contributed by atoms with Crippen LogP contribution in [0.1, 0.15) is 106 Å². The number of methoxy groups -OCH3 is 1. The van der Waals surface area contributed by atoms with Gasteiger partial charge < -0.3 is 19.7 Å². The summed E-state index contributed by atoms with van der Waals surface area (Å²) in [4.78, 5) is 36.6. The highest BCUT2D eigenvalue weighted by atomic mass is 35.5. The Kier molecular flexibility index (Phi) is 8.50. The van der Waals surface area contributed by atoms with E-state index in [0.717, 1.165) is 48.3 Å². The molecule has 2 aliphatic carbocycles. The van der Waals surface area contributed by atoms with Gasteiger partial charge in [-0.05, 0) is 88.8 Å². The van der Waals surface area contributed by atoms with E-state index in [1.54, 1.807) is 26.0 Å². The third-order valence-electron chi connectivity index (χ3n) is 7.90. The minimum Gasteiger partial charge on any atom is -0.481 e. The Morgan fingerprint density at radius 3 is 2.55 bits per heavy atom. The second-order valence-corrected chi connectivity index (χ2v) is 12.0. The number of hydrogen-bond donors (Lipinski definition) is 2. The molecule has 206 valence electrons.